The number of halogens is 1. The van der Waals surface area contributed by atoms with Crippen molar-refractivity contribution in [3.63, 3.8) is 0 Å². The summed E-state index contributed by atoms with van der Waals surface area (Å²) in [5, 5.41) is 11.5. The summed E-state index contributed by atoms with van der Waals surface area (Å²) in [6.07, 6.45) is 0. The van der Waals surface area contributed by atoms with Crippen molar-refractivity contribution in [1.29, 1.82) is 0 Å². The highest BCUT2D eigenvalue weighted by Gasteiger charge is 2.13. The molecule has 0 aliphatic rings. The van der Waals surface area contributed by atoms with Crippen LogP contribution < -0.4 is 5.32 Å². The lowest BCUT2D eigenvalue weighted by Gasteiger charge is -2.24. The van der Waals surface area contributed by atoms with Crippen LogP contribution in [0, 0.1) is 5.82 Å². The smallest absolute Gasteiger partial charge is 0.238 e. The third-order valence-electron chi connectivity index (χ3n) is 2.57. The van der Waals surface area contributed by atoms with Crippen molar-refractivity contribution in [3.8, 4) is 0 Å². The maximum atomic E-state index is 12.9. The summed E-state index contributed by atoms with van der Waals surface area (Å²) in [7, 11) is 0. The third-order valence-corrected chi connectivity index (χ3v) is 2.57. The summed E-state index contributed by atoms with van der Waals surface area (Å²) in [6.45, 7) is 4.52. The first-order valence-electron chi connectivity index (χ1n) is 5.93. The van der Waals surface area contributed by atoms with Crippen molar-refractivity contribution in [2.45, 2.75) is 19.9 Å². The second-order valence-corrected chi connectivity index (χ2v) is 4.35. The van der Waals surface area contributed by atoms with E-state index in [1.807, 2.05) is 18.7 Å². The lowest BCUT2D eigenvalue weighted by atomic mass is 10.3. The van der Waals surface area contributed by atoms with Crippen LogP contribution >= 0.6 is 0 Å². The second kappa shape index (κ2) is 7.08. The number of aliphatic hydroxyl groups excluding tert-OH is 1. The van der Waals surface area contributed by atoms with Crippen LogP contribution in [-0.2, 0) is 4.79 Å². The van der Waals surface area contributed by atoms with E-state index < -0.39 is 0 Å². The van der Waals surface area contributed by atoms with Gasteiger partial charge in [0.1, 0.15) is 5.82 Å². The van der Waals surface area contributed by atoms with E-state index in [1.54, 1.807) is 12.1 Å². The molecule has 0 radical (unpaired) electrons. The number of anilines is 1. The third kappa shape index (κ3) is 4.81. The maximum Gasteiger partial charge on any atom is 0.238 e. The van der Waals surface area contributed by atoms with Gasteiger partial charge in [-0.25, -0.2) is 4.39 Å². The number of hydrogen-bond acceptors (Lipinski definition) is 3. The van der Waals surface area contributed by atoms with E-state index in [-0.39, 0.29) is 30.9 Å². The topological polar surface area (TPSA) is 52.6 Å². The number of amides is 1. The molecule has 2 N–H and O–H groups in total. The predicted octanol–water partition coefficient (Wildman–Crippen LogP) is 1.47. The molecular formula is C13H19FN2O2. The molecule has 0 bridgehead atoms. The Morgan fingerprint density at radius 1 is 1.50 bits per heavy atom. The van der Waals surface area contributed by atoms with Crippen molar-refractivity contribution in [3.05, 3.63) is 30.1 Å². The molecule has 0 aliphatic carbocycles. The summed E-state index contributed by atoms with van der Waals surface area (Å²) in [5.41, 5.74) is 0.438. The van der Waals surface area contributed by atoms with Crippen LogP contribution in [0.3, 0.4) is 0 Å². The van der Waals surface area contributed by atoms with Crippen LogP contribution in [0.25, 0.3) is 0 Å². The molecule has 0 aliphatic heterocycles. The number of carbonyl (C=O) groups is 1. The van der Waals surface area contributed by atoms with Gasteiger partial charge in [-0.3, -0.25) is 9.69 Å². The molecule has 1 aromatic carbocycles. The first kappa shape index (κ1) is 14.6. The van der Waals surface area contributed by atoms with Crippen LogP contribution in [-0.4, -0.2) is 41.7 Å². The first-order chi connectivity index (χ1) is 8.52. The fraction of sp³-hybridized carbons (Fsp3) is 0.462. The number of nitrogens with zero attached hydrogens (tertiary/aromatic N) is 1. The zero-order valence-electron chi connectivity index (χ0n) is 10.7. The van der Waals surface area contributed by atoms with E-state index in [1.165, 1.54) is 12.1 Å². The second-order valence-electron chi connectivity index (χ2n) is 4.35. The van der Waals surface area contributed by atoms with Crippen molar-refractivity contribution in [2.75, 3.05) is 25.0 Å². The Balaban J connectivity index is 2.55. The van der Waals surface area contributed by atoms with Gasteiger partial charge in [-0.2, -0.15) is 0 Å². The summed E-state index contributed by atoms with van der Waals surface area (Å²) in [4.78, 5) is 13.6. The van der Waals surface area contributed by atoms with Gasteiger partial charge in [0, 0.05) is 18.3 Å². The molecule has 0 saturated heterocycles. The zero-order valence-corrected chi connectivity index (χ0v) is 10.7. The Morgan fingerprint density at radius 3 is 2.78 bits per heavy atom. The van der Waals surface area contributed by atoms with Gasteiger partial charge >= 0.3 is 0 Å². The van der Waals surface area contributed by atoms with Crippen molar-refractivity contribution < 1.29 is 14.3 Å². The van der Waals surface area contributed by atoms with Crippen LogP contribution in [0.15, 0.2) is 24.3 Å². The van der Waals surface area contributed by atoms with Crippen molar-refractivity contribution in [1.82, 2.24) is 4.90 Å². The first-order valence-corrected chi connectivity index (χ1v) is 5.93. The molecule has 0 unspecified atom stereocenters. The molecule has 0 saturated carbocycles. The molecule has 18 heavy (non-hydrogen) atoms. The van der Waals surface area contributed by atoms with E-state index in [0.29, 0.717) is 12.2 Å². The molecule has 1 rings (SSSR count). The maximum absolute atomic E-state index is 12.9. The van der Waals surface area contributed by atoms with Gasteiger partial charge in [0.15, 0.2) is 0 Å². The highest BCUT2D eigenvalue weighted by Crippen LogP contribution is 2.09. The fourth-order valence-corrected chi connectivity index (χ4v) is 1.60. The van der Waals surface area contributed by atoms with Crippen LogP contribution in [0.5, 0.6) is 0 Å². The van der Waals surface area contributed by atoms with E-state index in [9.17, 15) is 9.18 Å². The van der Waals surface area contributed by atoms with Crippen LogP contribution in [0.4, 0.5) is 10.1 Å². The summed E-state index contributed by atoms with van der Waals surface area (Å²) >= 11 is 0. The number of hydrogen-bond donors (Lipinski definition) is 2. The van der Waals surface area contributed by atoms with E-state index in [4.69, 9.17) is 5.11 Å². The molecule has 0 atom stereocenters. The number of benzene rings is 1. The minimum absolute atomic E-state index is 0.00538. The highest BCUT2D eigenvalue weighted by atomic mass is 19.1. The van der Waals surface area contributed by atoms with Crippen molar-refractivity contribution >= 4 is 11.6 Å². The molecule has 0 heterocycles. The minimum atomic E-state index is -0.385. The highest BCUT2D eigenvalue weighted by molar-refractivity contribution is 5.92. The lowest BCUT2D eigenvalue weighted by molar-refractivity contribution is -0.117. The zero-order chi connectivity index (χ0) is 13.5. The van der Waals surface area contributed by atoms with Gasteiger partial charge in [0.2, 0.25) is 5.91 Å². The number of aliphatic hydroxyl groups is 1. The van der Waals surface area contributed by atoms with E-state index >= 15 is 0 Å². The Hall–Kier alpha value is -1.46. The summed E-state index contributed by atoms with van der Waals surface area (Å²) < 4.78 is 12.9. The molecule has 0 spiro atoms. The van der Waals surface area contributed by atoms with Gasteiger partial charge in [-0.15, -0.1) is 0 Å². The Kier molecular flexibility index (Phi) is 5.74. The van der Waals surface area contributed by atoms with Gasteiger partial charge in [0.25, 0.3) is 0 Å². The Morgan fingerprint density at radius 2 is 2.22 bits per heavy atom. The molecule has 0 fully saturated rings. The standard InChI is InChI=1S/C13H19FN2O2/c1-10(2)16(6-7-17)9-13(18)15-12-5-3-4-11(14)8-12/h3-5,8,10,17H,6-7,9H2,1-2H3,(H,15,18). The number of rotatable bonds is 6. The lowest BCUT2D eigenvalue weighted by Crippen LogP contribution is -2.39. The van der Waals surface area contributed by atoms with E-state index in [2.05, 4.69) is 5.32 Å². The molecular weight excluding hydrogens is 235 g/mol. The number of carbonyl (C=O) groups excluding carboxylic acids is 1. The van der Waals surface area contributed by atoms with Crippen LogP contribution in [0.1, 0.15) is 13.8 Å². The van der Waals surface area contributed by atoms with Gasteiger partial charge in [-0.1, -0.05) is 6.07 Å². The van der Waals surface area contributed by atoms with Gasteiger partial charge in [0.05, 0.1) is 13.2 Å². The number of nitrogens with one attached hydrogen (secondary N) is 1. The minimum Gasteiger partial charge on any atom is -0.395 e. The molecule has 1 aromatic rings. The van der Waals surface area contributed by atoms with Gasteiger partial charge in [-0.05, 0) is 32.0 Å². The molecule has 4 nitrogen and oxygen atoms in total. The van der Waals surface area contributed by atoms with Gasteiger partial charge < -0.3 is 10.4 Å². The molecule has 5 heteroatoms. The Bertz CT molecular complexity index is 396. The quantitative estimate of drug-likeness (QED) is 0.808. The summed E-state index contributed by atoms with van der Waals surface area (Å²) in [5.74, 6) is -0.605. The van der Waals surface area contributed by atoms with E-state index in [0.717, 1.165) is 0 Å². The average molecular weight is 254 g/mol. The van der Waals surface area contributed by atoms with Crippen molar-refractivity contribution in [2.24, 2.45) is 0 Å². The molecule has 100 valence electrons. The summed E-state index contributed by atoms with van der Waals surface area (Å²) in [6, 6.07) is 5.92. The Labute approximate surface area is 106 Å². The predicted molar refractivity (Wildman–Crippen MR) is 68.8 cm³/mol. The largest absolute Gasteiger partial charge is 0.395 e. The SMILES string of the molecule is CC(C)N(CCO)CC(=O)Nc1cccc(F)c1. The average Bonchev–Trinajstić information content (AvgIpc) is 2.28. The monoisotopic (exact) mass is 254 g/mol. The molecule has 0 aromatic heterocycles. The molecule has 1 amide bonds. The fourth-order valence-electron chi connectivity index (χ4n) is 1.60. The van der Waals surface area contributed by atoms with Crippen LogP contribution in [0.2, 0.25) is 0 Å². The normalized spacial score (nSPS) is 11.0.